The lowest BCUT2D eigenvalue weighted by Gasteiger charge is -2.33. The Labute approximate surface area is 130 Å². The molecule has 3 rings (SSSR count). The third-order valence-corrected chi connectivity index (χ3v) is 3.70. The maximum atomic E-state index is 13.1. The number of hydrogen-bond donors (Lipinski definition) is 1. The minimum atomic E-state index is -4.46. The summed E-state index contributed by atoms with van der Waals surface area (Å²) in [6.07, 6.45) is -3.83. The maximum Gasteiger partial charge on any atom is 0.416 e. The Morgan fingerprint density at radius 1 is 1.30 bits per heavy atom. The van der Waals surface area contributed by atoms with Gasteiger partial charge >= 0.3 is 6.18 Å². The summed E-state index contributed by atoms with van der Waals surface area (Å²) in [7, 11) is 0. The van der Waals surface area contributed by atoms with Gasteiger partial charge in [-0.25, -0.2) is 0 Å². The Hall–Kier alpha value is -2.35. The minimum Gasteiger partial charge on any atom is -0.370 e. The number of halogens is 3. The number of nitrogens with zero attached hydrogens (tertiary/aromatic N) is 2. The van der Waals surface area contributed by atoms with Crippen molar-refractivity contribution in [2.75, 3.05) is 19.7 Å². The average Bonchev–Trinajstić information content (AvgIpc) is 3.08. The van der Waals surface area contributed by atoms with Gasteiger partial charge in [-0.15, -0.1) is 0 Å². The molecule has 1 unspecified atom stereocenters. The van der Waals surface area contributed by atoms with Crippen LogP contribution in [0.25, 0.3) is 0 Å². The molecule has 1 aromatic heterocycles. The predicted octanol–water partition coefficient (Wildman–Crippen LogP) is 2.64. The highest BCUT2D eigenvalue weighted by Gasteiger charge is 2.37. The lowest BCUT2D eigenvalue weighted by Crippen LogP contribution is -2.42. The molecule has 2 heterocycles. The number of carbonyl (C=O) groups excluding carboxylic acids is 1. The van der Waals surface area contributed by atoms with Crippen molar-refractivity contribution in [1.29, 1.82) is 0 Å². The fourth-order valence-electron chi connectivity index (χ4n) is 2.60. The molecule has 1 amide bonds. The molecule has 0 saturated carbocycles. The summed E-state index contributed by atoms with van der Waals surface area (Å²) in [5.74, 6) is -0.305. The molecular weight excluding hydrogens is 311 g/mol. The summed E-state index contributed by atoms with van der Waals surface area (Å²) in [4.78, 5) is 13.8. The monoisotopic (exact) mass is 325 g/mol. The molecule has 122 valence electrons. The van der Waals surface area contributed by atoms with Gasteiger partial charge in [0.05, 0.1) is 18.7 Å². The van der Waals surface area contributed by atoms with Crippen LogP contribution >= 0.6 is 0 Å². The van der Waals surface area contributed by atoms with E-state index in [0.717, 1.165) is 6.07 Å². The Morgan fingerprint density at radius 2 is 2.09 bits per heavy atom. The Morgan fingerprint density at radius 3 is 2.78 bits per heavy atom. The molecule has 0 aliphatic carbocycles. The number of aromatic nitrogens is 2. The van der Waals surface area contributed by atoms with Gasteiger partial charge in [0.25, 0.3) is 5.91 Å². The van der Waals surface area contributed by atoms with Crippen LogP contribution in [-0.4, -0.2) is 40.7 Å². The second-order valence-corrected chi connectivity index (χ2v) is 5.17. The van der Waals surface area contributed by atoms with Crippen LogP contribution in [0.2, 0.25) is 0 Å². The number of H-pyrrole nitrogens is 1. The van der Waals surface area contributed by atoms with Crippen LogP contribution in [0.1, 0.15) is 27.7 Å². The normalized spacial score (nSPS) is 18.9. The lowest BCUT2D eigenvalue weighted by atomic mass is 10.0. The summed E-state index contributed by atoms with van der Waals surface area (Å²) in [6.45, 7) is 0.560. The van der Waals surface area contributed by atoms with Crippen molar-refractivity contribution in [3.63, 3.8) is 0 Å². The quantitative estimate of drug-likeness (QED) is 0.923. The second kappa shape index (κ2) is 6.04. The van der Waals surface area contributed by atoms with Crippen molar-refractivity contribution in [2.45, 2.75) is 12.3 Å². The second-order valence-electron chi connectivity index (χ2n) is 5.17. The van der Waals surface area contributed by atoms with E-state index in [1.807, 2.05) is 0 Å². The molecule has 1 aromatic carbocycles. The average molecular weight is 325 g/mol. The number of ether oxygens (including phenoxy) is 1. The fraction of sp³-hybridized carbons (Fsp3) is 0.333. The van der Waals surface area contributed by atoms with Gasteiger partial charge in [-0.2, -0.15) is 18.3 Å². The summed E-state index contributed by atoms with van der Waals surface area (Å²) in [6, 6.07) is 6.80. The Kier molecular flexibility index (Phi) is 4.08. The molecule has 1 fully saturated rings. The van der Waals surface area contributed by atoms with Crippen LogP contribution in [-0.2, 0) is 10.9 Å². The van der Waals surface area contributed by atoms with Gasteiger partial charge in [-0.1, -0.05) is 18.2 Å². The van der Waals surface area contributed by atoms with Crippen molar-refractivity contribution >= 4 is 5.91 Å². The fourth-order valence-corrected chi connectivity index (χ4v) is 2.60. The van der Waals surface area contributed by atoms with E-state index >= 15 is 0 Å². The molecule has 1 saturated heterocycles. The zero-order chi connectivity index (χ0) is 16.4. The molecule has 1 aliphatic rings. The first-order valence-corrected chi connectivity index (χ1v) is 7.03. The van der Waals surface area contributed by atoms with Gasteiger partial charge in [0, 0.05) is 12.7 Å². The molecule has 0 radical (unpaired) electrons. The van der Waals surface area contributed by atoms with Crippen LogP contribution in [0.15, 0.2) is 36.5 Å². The van der Waals surface area contributed by atoms with E-state index in [1.54, 1.807) is 0 Å². The number of nitrogens with one attached hydrogen (secondary N) is 1. The zero-order valence-corrected chi connectivity index (χ0v) is 12.0. The Balaban J connectivity index is 1.84. The molecule has 0 spiro atoms. The molecule has 23 heavy (non-hydrogen) atoms. The number of amides is 1. The largest absolute Gasteiger partial charge is 0.416 e. The van der Waals surface area contributed by atoms with E-state index in [1.165, 1.54) is 35.4 Å². The molecule has 2 aromatic rings. The number of alkyl halides is 3. The van der Waals surface area contributed by atoms with Crippen LogP contribution in [0.3, 0.4) is 0 Å². The van der Waals surface area contributed by atoms with Crippen molar-refractivity contribution in [1.82, 2.24) is 15.1 Å². The van der Waals surface area contributed by atoms with E-state index < -0.39 is 17.8 Å². The van der Waals surface area contributed by atoms with Gasteiger partial charge < -0.3 is 9.64 Å². The highest BCUT2D eigenvalue weighted by Crippen LogP contribution is 2.36. The van der Waals surface area contributed by atoms with Crippen LogP contribution in [0.4, 0.5) is 13.2 Å². The number of morpholine rings is 1. The standard InChI is InChI=1S/C15H14F3N3O2/c16-15(17,18)11-4-2-1-3-10(11)13-9-21(7-8-23-13)14(22)12-5-6-19-20-12/h1-6,13H,7-9H2,(H,19,20). The van der Waals surface area contributed by atoms with E-state index in [0.29, 0.717) is 12.2 Å². The molecular formula is C15H14F3N3O2. The van der Waals surface area contributed by atoms with Crippen LogP contribution in [0.5, 0.6) is 0 Å². The maximum absolute atomic E-state index is 13.1. The highest BCUT2D eigenvalue weighted by molar-refractivity contribution is 5.92. The third kappa shape index (κ3) is 3.21. The number of hydrogen-bond acceptors (Lipinski definition) is 3. The Bertz CT molecular complexity index is 686. The number of rotatable bonds is 2. The van der Waals surface area contributed by atoms with Crippen LogP contribution in [0, 0.1) is 0 Å². The van der Waals surface area contributed by atoms with Gasteiger partial charge in [0.15, 0.2) is 0 Å². The number of benzene rings is 1. The number of carbonyl (C=O) groups is 1. The van der Waals surface area contributed by atoms with Crippen molar-refractivity contribution in [2.24, 2.45) is 0 Å². The topological polar surface area (TPSA) is 58.2 Å². The van der Waals surface area contributed by atoms with E-state index in [4.69, 9.17) is 4.74 Å². The molecule has 1 aliphatic heterocycles. The summed E-state index contributed by atoms with van der Waals surface area (Å²) in [5.41, 5.74) is -0.391. The zero-order valence-electron chi connectivity index (χ0n) is 12.0. The van der Waals surface area contributed by atoms with Crippen molar-refractivity contribution in [3.05, 3.63) is 53.3 Å². The predicted molar refractivity (Wildman–Crippen MR) is 74.6 cm³/mol. The van der Waals surface area contributed by atoms with Gasteiger partial charge in [-0.05, 0) is 17.7 Å². The summed E-state index contributed by atoms with van der Waals surface area (Å²) < 4.78 is 44.9. The minimum absolute atomic E-state index is 0.0436. The van der Waals surface area contributed by atoms with Gasteiger partial charge in [0.2, 0.25) is 0 Å². The first-order chi connectivity index (χ1) is 11.0. The number of aromatic amines is 1. The molecule has 8 heteroatoms. The van der Waals surface area contributed by atoms with E-state index in [-0.39, 0.29) is 24.6 Å². The molecule has 1 N–H and O–H groups in total. The highest BCUT2D eigenvalue weighted by atomic mass is 19.4. The van der Waals surface area contributed by atoms with Crippen LogP contribution < -0.4 is 0 Å². The van der Waals surface area contributed by atoms with Crippen molar-refractivity contribution < 1.29 is 22.7 Å². The summed E-state index contributed by atoms with van der Waals surface area (Å²) in [5, 5.41) is 6.27. The molecule has 0 bridgehead atoms. The third-order valence-electron chi connectivity index (χ3n) is 3.70. The van der Waals surface area contributed by atoms with E-state index in [9.17, 15) is 18.0 Å². The first-order valence-electron chi connectivity index (χ1n) is 7.03. The van der Waals surface area contributed by atoms with E-state index in [2.05, 4.69) is 10.2 Å². The van der Waals surface area contributed by atoms with Gasteiger partial charge in [-0.3, -0.25) is 9.89 Å². The SMILES string of the molecule is O=C(c1ccn[nH]1)N1CCOC(c2ccccc2C(F)(F)F)C1. The summed E-state index contributed by atoms with van der Waals surface area (Å²) >= 11 is 0. The lowest BCUT2D eigenvalue weighted by molar-refractivity contribution is -0.140. The van der Waals surface area contributed by atoms with Gasteiger partial charge in [0.1, 0.15) is 11.8 Å². The first kappa shape index (κ1) is 15.5. The molecule has 5 nitrogen and oxygen atoms in total. The molecule has 1 atom stereocenters. The van der Waals surface area contributed by atoms with Crippen molar-refractivity contribution in [3.8, 4) is 0 Å². The smallest absolute Gasteiger partial charge is 0.370 e.